The molecule has 100 valence electrons. The Hall–Kier alpha value is -1.32. The molecule has 19 heavy (non-hydrogen) atoms. The summed E-state index contributed by atoms with van der Waals surface area (Å²) < 4.78 is 0. The van der Waals surface area contributed by atoms with Gasteiger partial charge in [-0.1, -0.05) is 43.1 Å². The first-order chi connectivity index (χ1) is 9.22. The zero-order valence-corrected chi connectivity index (χ0v) is 12.2. The van der Waals surface area contributed by atoms with Crippen LogP contribution in [0.5, 0.6) is 0 Å². The topological polar surface area (TPSA) is 29.0 Å². The van der Waals surface area contributed by atoms with Gasteiger partial charge in [-0.15, -0.1) is 0 Å². The van der Waals surface area contributed by atoms with Crippen LogP contribution in [0.4, 0.5) is 11.5 Å². The van der Waals surface area contributed by atoms with Crippen LogP contribution in [0.25, 0.3) is 0 Å². The maximum Gasteiger partial charge on any atom is 0.224 e. The Balaban J connectivity index is 2.40. The first-order valence-corrected chi connectivity index (χ1v) is 6.98. The SMILES string of the molecule is CCCCN(c1ccccc1)c1nc(Cl)ncc1Cl. The Labute approximate surface area is 123 Å². The van der Waals surface area contributed by atoms with E-state index in [9.17, 15) is 0 Å². The lowest BCUT2D eigenvalue weighted by Crippen LogP contribution is -2.20. The van der Waals surface area contributed by atoms with E-state index in [1.807, 2.05) is 30.3 Å². The third-order valence-corrected chi connectivity index (χ3v) is 3.20. The van der Waals surface area contributed by atoms with Gasteiger partial charge in [-0.2, -0.15) is 4.98 Å². The molecule has 0 spiro atoms. The average molecular weight is 296 g/mol. The van der Waals surface area contributed by atoms with Gasteiger partial charge in [0.2, 0.25) is 5.28 Å². The maximum atomic E-state index is 6.19. The molecule has 2 rings (SSSR count). The standard InChI is InChI=1S/C14H15Cl2N3/c1-2-3-9-19(11-7-5-4-6-8-11)13-12(15)10-17-14(16)18-13/h4-8,10H,2-3,9H2,1H3. The highest BCUT2D eigenvalue weighted by molar-refractivity contribution is 6.33. The lowest BCUT2D eigenvalue weighted by molar-refractivity contribution is 0.778. The fraction of sp³-hybridized carbons (Fsp3) is 0.286. The quantitative estimate of drug-likeness (QED) is 0.747. The summed E-state index contributed by atoms with van der Waals surface area (Å²) in [6.07, 6.45) is 3.68. The number of nitrogens with zero attached hydrogens (tertiary/aromatic N) is 3. The van der Waals surface area contributed by atoms with Gasteiger partial charge in [-0.25, -0.2) is 4.98 Å². The Morgan fingerprint density at radius 1 is 1.16 bits per heavy atom. The summed E-state index contributed by atoms with van der Waals surface area (Å²) in [5.74, 6) is 0.654. The van der Waals surface area contributed by atoms with Gasteiger partial charge < -0.3 is 4.90 Å². The number of hydrogen-bond acceptors (Lipinski definition) is 3. The summed E-state index contributed by atoms with van der Waals surface area (Å²) in [6.45, 7) is 2.99. The lowest BCUT2D eigenvalue weighted by Gasteiger charge is -2.24. The molecule has 3 nitrogen and oxygen atoms in total. The number of aromatic nitrogens is 2. The predicted octanol–water partition coefficient (Wildman–Crippen LogP) is 4.72. The van der Waals surface area contributed by atoms with E-state index in [0.717, 1.165) is 25.1 Å². The minimum atomic E-state index is 0.205. The van der Waals surface area contributed by atoms with Crippen LogP contribution in [0.15, 0.2) is 36.5 Å². The third-order valence-electron chi connectivity index (χ3n) is 2.76. The smallest absolute Gasteiger partial charge is 0.224 e. The Morgan fingerprint density at radius 3 is 2.58 bits per heavy atom. The van der Waals surface area contributed by atoms with Crippen molar-refractivity contribution >= 4 is 34.7 Å². The molecule has 0 aliphatic carbocycles. The molecule has 1 aromatic heterocycles. The van der Waals surface area contributed by atoms with Gasteiger partial charge in [0.25, 0.3) is 0 Å². The van der Waals surface area contributed by atoms with Crippen molar-refractivity contribution in [2.45, 2.75) is 19.8 Å². The van der Waals surface area contributed by atoms with E-state index in [1.54, 1.807) is 0 Å². The van der Waals surface area contributed by atoms with E-state index in [4.69, 9.17) is 23.2 Å². The van der Waals surface area contributed by atoms with E-state index in [-0.39, 0.29) is 5.28 Å². The van der Waals surface area contributed by atoms with Crippen LogP contribution in [-0.2, 0) is 0 Å². The fourth-order valence-corrected chi connectivity index (χ4v) is 2.13. The summed E-state index contributed by atoms with van der Waals surface area (Å²) in [7, 11) is 0. The first kappa shape index (κ1) is 14.1. The third kappa shape index (κ3) is 3.58. The number of benzene rings is 1. The van der Waals surface area contributed by atoms with Crippen LogP contribution in [0.2, 0.25) is 10.3 Å². The Kier molecular flexibility index (Phi) is 5.00. The molecule has 0 fully saturated rings. The second kappa shape index (κ2) is 6.73. The summed E-state index contributed by atoms with van der Waals surface area (Å²) >= 11 is 12.1. The van der Waals surface area contributed by atoms with Crippen LogP contribution in [0, 0.1) is 0 Å². The predicted molar refractivity (Wildman–Crippen MR) is 80.4 cm³/mol. The normalized spacial score (nSPS) is 10.5. The number of rotatable bonds is 5. The molecule has 0 bridgehead atoms. The van der Waals surface area contributed by atoms with E-state index in [1.165, 1.54) is 6.20 Å². The van der Waals surface area contributed by atoms with Crippen LogP contribution in [0.1, 0.15) is 19.8 Å². The van der Waals surface area contributed by atoms with Crippen LogP contribution < -0.4 is 4.90 Å². The van der Waals surface area contributed by atoms with Crippen LogP contribution in [-0.4, -0.2) is 16.5 Å². The summed E-state index contributed by atoms with van der Waals surface area (Å²) in [4.78, 5) is 10.2. The molecule has 0 unspecified atom stereocenters. The molecule has 0 N–H and O–H groups in total. The molecule has 1 heterocycles. The van der Waals surface area contributed by atoms with E-state index in [0.29, 0.717) is 10.8 Å². The minimum Gasteiger partial charge on any atom is -0.325 e. The molecule has 0 radical (unpaired) electrons. The van der Waals surface area contributed by atoms with Gasteiger partial charge in [0.05, 0.1) is 6.20 Å². The molecule has 0 saturated heterocycles. The molecule has 0 atom stereocenters. The highest BCUT2D eigenvalue weighted by Gasteiger charge is 2.14. The number of halogens is 2. The van der Waals surface area contributed by atoms with Crippen molar-refractivity contribution in [2.24, 2.45) is 0 Å². The van der Waals surface area contributed by atoms with Crippen molar-refractivity contribution < 1.29 is 0 Å². The van der Waals surface area contributed by atoms with E-state index in [2.05, 4.69) is 21.8 Å². The summed E-state index contributed by atoms with van der Waals surface area (Å²) in [5, 5.41) is 0.709. The van der Waals surface area contributed by atoms with Gasteiger partial charge >= 0.3 is 0 Å². The van der Waals surface area contributed by atoms with Crippen molar-refractivity contribution in [2.75, 3.05) is 11.4 Å². The first-order valence-electron chi connectivity index (χ1n) is 6.23. The molecule has 0 aliphatic heterocycles. The van der Waals surface area contributed by atoms with Crippen molar-refractivity contribution in [3.63, 3.8) is 0 Å². The molecular weight excluding hydrogens is 281 g/mol. The molecule has 1 aromatic carbocycles. The van der Waals surface area contributed by atoms with Gasteiger partial charge in [-0.3, -0.25) is 0 Å². The van der Waals surface area contributed by atoms with Crippen LogP contribution >= 0.6 is 23.2 Å². The Morgan fingerprint density at radius 2 is 1.89 bits per heavy atom. The summed E-state index contributed by atoms with van der Waals surface area (Å²) in [5.41, 5.74) is 1.05. The highest BCUT2D eigenvalue weighted by atomic mass is 35.5. The summed E-state index contributed by atoms with van der Waals surface area (Å²) in [6, 6.07) is 10.0. The number of hydrogen-bond donors (Lipinski definition) is 0. The molecule has 0 amide bonds. The average Bonchev–Trinajstić information content (AvgIpc) is 2.44. The van der Waals surface area contributed by atoms with Crippen molar-refractivity contribution in [1.29, 1.82) is 0 Å². The molecular formula is C14H15Cl2N3. The van der Waals surface area contributed by atoms with Crippen molar-refractivity contribution in [3.05, 3.63) is 46.8 Å². The van der Waals surface area contributed by atoms with Gasteiger partial charge in [0.1, 0.15) is 5.02 Å². The van der Waals surface area contributed by atoms with Gasteiger partial charge in [0.15, 0.2) is 5.82 Å². The molecule has 0 aliphatic rings. The monoisotopic (exact) mass is 295 g/mol. The second-order valence-corrected chi connectivity index (χ2v) is 4.90. The largest absolute Gasteiger partial charge is 0.325 e. The van der Waals surface area contributed by atoms with Crippen LogP contribution in [0.3, 0.4) is 0 Å². The molecule has 0 saturated carbocycles. The highest BCUT2D eigenvalue weighted by Crippen LogP contribution is 2.30. The lowest BCUT2D eigenvalue weighted by atomic mass is 10.2. The fourth-order valence-electron chi connectivity index (χ4n) is 1.81. The molecule has 5 heteroatoms. The van der Waals surface area contributed by atoms with Gasteiger partial charge in [0, 0.05) is 12.2 Å². The number of unbranched alkanes of at least 4 members (excludes halogenated alkanes) is 1. The van der Waals surface area contributed by atoms with Crippen molar-refractivity contribution in [1.82, 2.24) is 9.97 Å². The zero-order valence-electron chi connectivity index (χ0n) is 10.7. The number of para-hydroxylation sites is 1. The van der Waals surface area contributed by atoms with Gasteiger partial charge in [-0.05, 0) is 30.2 Å². The number of anilines is 2. The van der Waals surface area contributed by atoms with E-state index >= 15 is 0 Å². The molecule has 2 aromatic rings. The second-order valence-electron chi connectivity index (χ2n) is 4.15. The Bertz CT molecular complexity index is 531. The van der Waals surface area contributed by atoms with E-state index < -0.39 is 0 Å². The maximum absolute atomic E-state index is 6.19. The zero-order chi connectivity index (χ0) is 13.7. The minimum absolute atomic E-state index is 0.205. The van der Waals surface area contributed by atoms with Crippen molar-refractivity contribution in [3.8, 4) is 0 Å².